The number of rotatable bonds is 6. The Morgan fingerprint density at radius 1 is 1.00 bits per heavy atom. The summed E-state index contributed by atoms with van der Waals surface area (Å²) < 4.78 is 16.0. The van der Waals surface area contributed by atoms with Crippen molar-refractivity contribution in [2.45, 2.75) is 12.8 Å². The van der Waals surface area contributed by atoms with Crippen LogP contribution in [0.15, 0.2) is 48.8 Å². The predicted molar refractivity (Wildman–Crippen MR) is 121 cm³/mol. The highest BCUT2D eigenvalue weighted by molar-refractivity contribution is 6.05. The van der Waals surface area contributed by atoms with Crippen molar-refractivity contribution in [2.24, 2.45) is 5.73 Å². The smallest absolute Gasteiger partial charge is 0.272 e. The number of halogens is 1. The van der Waals surface area contributed by atoms with Crippen LogP contribution in [0.4, 0.5) is 15.8 Å². The number of amides is 3. The summed E-state index contributed by atoms with van der Waals surface area (Å²) in [4.78, 5) is 42.5. The number of benzene rings is 2. The molecule has 0 bridgehead atoms. The van der Waals surface area contributed by atoms with E-state index in [0.29, 0.717) is 11.4 Å². The van der Waals surface area contributed by atoms with Gasteiger partial charge >= 0.3 is 0 Å². The van der Waals surface area contributed by atoms with E-state index < -0.39 is 23.5 Å². The van der Waals surface area contributed by atoms with Crippen molar-refractivity contribution in [1.82, 2.24) is 14.9 Å². The Bertz CT molecular complexity index is 1220. The Labute approximate surface area is 189 Å². The summed E-state index contributed by atoms with van der Waals surface area (Å²) in [5, 5.41) is 5.07. The number of primary amides is 1. The second kappa shape index (κ2) is 9.11. The minimum Gasteiger partial charge on any atom is -0.371 e. The van der Waals surface area contributed by atoms with Gasteiger partial charge in [0, 0.05) is 37.2 Å². The molecule has 1 aliphatic heterocycles. The number of nitrogens with zero attached hydrogens (tertiary/aromatic N) is 3. The van der Waals surface area contributed by atoms with Crippen molar-refractivity contribution in [2.75, 3.05) is 30.4 Å². The van der Waals surface area contributed by atoms with E-state index >= 15 is 0 Å². The molecule has 1 saturated heterocycles. The second-order valence-electron chi connectivity index (χ2n) is 7.61. The lowest BCUT2D eigenvalue weighted by Crippen LogP contribution is -2.25. The predicted octanol–water partition coefficient (Wildman–Crippen LogP) is 2.32. The molecule has 4 N–H and O–H groups in total. The SMILES string of the molecule is CNC(=O)c1ncn(-c2ccc(NC(=O)c3ccc(N4CCCC4)cc3F)cc2)c1C(N)=O. The second-order valence-corrected chi connectivity index (χ2v) is 7.61. The molecule has 2 heterocycles. The number of anilines is 2. The van der Waals surface area contributed by atoms with Crippen LogP contribution in [0, 0.1) is 5.82 Å². The molecule has 0 atom stereocenters. The largest absolute Gasteiger partial charge is 0.371 e. The molecular formula is C23H23FN6O3. The van der Waals surface area contributed by atoms with E-state index in [-0.39, 0.29) is 17.0 Å². The maximum absolute atomic E-state index is 14.6. The summed E-state index contributed by atoms with van der Waals surface area (Å²) in [5.41, 5.74) is 6.94. The zero-order valence-electron chi connectivity index (χ0n) is 18.0. The molecule has 3 aromatic rings. The lowest BCUT2D eigenvalue weighted by molar-refractivity contribution is 0.0937. The van der Waals surface area contributed by atoms with Gasteiger partial charge in [-0.2, -0.15) is 0 Å². The molecule has 0 radical (unpaired) electrons. The molecule has 3 amide bonds. The summed E-state index contributed by atoms with van der Waals surface area (Å²) in [6.07, 6.45) is 3.47. The van der Waals surface area contributed by atoms with Crippen molar-refractivity contribution in [3.05, 3.63) is 71.6 Å². The first-order valence-corrected chi connectivity index (χ1v) is 10.4. The van der Waals surface area contributed by atoms with Crippen LogP contribution in [0.5, 0.6) is 0 Å². The van der Waals surface area contributed by atoms with E-state index in [0.717, 1.165) is 31.6 Å². The molecule has 1 fully saturated rings. The van der Waals surface area contributed by atoms with Crippen LogP contribution in [-0.2, 0) is 0 Å². The zero-order valence-corrected chi connectivity index (χ0v) is 18.0. The maximum atomic E-state index is 14.6. The van der Waals surface area contributed by atoms with Gasteiger partial charge in [0.05, 0.1) is 5.56 Å². The van der Waals surface area contributed by atoms with Gasteiger partial charge in [-0.15, -0.1) is 0 Å². The van der Waals surface area contributed by atoms with Gasteiger partial charge in [-0.1, -0.05) is 0 Å². The Hall–Kier alpha value is -4.21. The average molecular weight is 450 g/mol. The third-order valence-corrected chi connectivity index (χ3v) is 5.51. The van der Waals surface area contributed by atoms with Crippen LogP contribution in [0.3, 0.4) is 0 Å². The van der Waals surface area contributed by atoms with E-state index in [4.69, 9.17) is 5.73 Å². The fraction of sp³-hybridized carbons (Fsp3) is 0.217. The summed E-state index contributed by atoms with van der Waals surface area (Å²) in [6, 6.07) is 11.0. The van der Waals surface area contributed by atoms with Crippen molar-refractivity contribution in [1.29, 1.82) is 0 Å². The highest BCUT2D eigenvalue weighted by atomic mass is 19.1. The van der Waals surface area contributed by atoms with E-state index in [1.54, 1.807) is 30.3 Å². The number of aromatic nitrogens is 2. The number of nitrogens with two attached hydrogens (primary N) is 1. The van der Waals surface area contributed by atoms with Gasteiger partial charge < -0.3 is 21.3 Å². The summed E-state index contributed by atoms with van der Waals surface area (Å²) in [6.45, 7) is 1.77. The molecule has 9 nitrogen and oxygen atoms in total. The maximum Gasteiger partial charge on any atom is 0.272 e. The molecule has 170 valence electrons. The normalized spacial score (nSPS) is 13.1. The number of nitrogens with one attached hydrogen (secondary N) is 2. The molecule has 1 aliphatic rings. The van der Waals surface area contributed by atoms with Crippen molar-refractivity contribution < 1.29 is 18.8 Å². The van der Waals surface area contributed by atoms with Gasteiger partial charge in [-0.05, 0) is 55.3 Å². The fourth-order valence-electron chi connectivity index (χ4n) is 3.83. The van der Waals surface area contributed by atoms with Crippen LogP contribution < -0.4 is 21.3 Å². The van der Waals surface area contributed by atoms with Gasteiger partial charge in [0.2, 0.25) is 0 Å². The van der Waals surface area contributed by atoms with Crippen LogP contribution in [-0.4, -0.2) is 47.4 Å². The van der Waals surface area contributed by atoms with Gasteiger partial charge in [0.15, 0.2) is 5.69 Å². The van der Waals surface area contributed by atoms with E-state index in [1.165, 1.54) is 30.1 Å². The highest BCUT2D eigenvalue weighted by Gasteiger charge is 2.22. The molecule has 33 heavy (non-hydrogen) atoms. The van der Waals surface area contributed by atoms with Crippen LogP contribution in [0.2, 0.25) is 0 Å². The molecule has 0 saturated carbocycles. The highest BCUT2D eigenvalue weighted by Crippen LogP contribution is 2.24. The molecule has 4 rings (SSSR count). The number of hydrogen-bond donors (Lipinski definition) is 3. The minimum absolute atomic E-state index is 0.0529. The Kier molecular flexibility index (Phi) is 6.07. The number of hydrogen-bond acceptors (Lipinski definition) is 5. The number of imidazole rings is 1. The van der Waals surface area contributed by atoms with Gasteiger partial charge in [-0.3, -0.25) is 19.0 Å². The van der Waals surface area contributed by atoms with Crippen molar-refractivity contribution >= 4 is 29.1 Å². The summed E-state index contributed by atoms with van der Waals surface area (Å²) in [5.74, 6) is -2.50. The monoisotopic (exact) mass is 450 g/mol. The summed E-state index contributed by atoms with van der Waals surface area (Å²) in [7, 11) is 1.42. The van der Waals surface area contributed by atoms with Crippen LogP contribution in [0.1, 0.15) is 44.2 Å². The molecule has 0 aliphatic carbocycles. The Balaban J connectivity index is 1.52. The van der Waals surface area contributed by atoms with Crippen molar-refractivity contribution in [3.8, 4) is 5.69 Å². The Morgan fingerprint density at radius 3 is 2.27 bits per heavy atom. The first-order chi connectivity index (χ1) is 15.9. The van der Waals surface area contributed by atoms with E-state index in [9.17, 15) is 18.8 Å². The van der Waals surface area contributed by atoms with Gasteiger partial charge in [0.25, 0.3) is 17.7 Å². The summed E-state index contributed by atoms with van der Waals surface area (Å²) >= 11 is 0. The topological polar surface area (TPSA) is 122 Å². The minimum atomic E-state index is -0.809. The lowest BCUT2D eigenvalue weighted by Gasteiger charge is -2.18. The number of carbonyl (C=O) groups is 3. The quantitative estimate of drug-likeness (QED) is 0.532. The standard InChI is InChI=1S/C23H23FN6O3/c1-26-23(33)19-20(21(25)31)30(13-27-19)15-6-4-14(5-7-15)28-22(32)17-9-8-16(12-18(17)24)29-10-2-3-11-29/h4-9,12-13H,2-3,10-11H2,1H3,(H2,25,31)(H,26,33)(H,28,32). The molecule has 0 unspecified atom stereocenters. The van der Waals surface area contributed by atoms with Crippen LogP contribution >= 0.6 is 0 Å². The Morgan fingerprint density at radius 2 is 1.67 bits per heavy atom. The van der Waals surface area contributed by atoms with Crippen LogP contribution in [0.25, 0.3) is 5.69 Å². The van der Waals surface area contributed by atoms with E-state index in [1.807, 2.05) is 0 Å². The van der Waals surface area contributed by atoms with E-state index in [2.05, 4.69) is 20.5 Å². The fourth-order valence-corrected chi connectivity index (χ4v) is 3.83. The third-order valence-electron chi connectivity index (χ3n) is 5.51. The third kappa shape index (κ3) is 4.40. The molecule has 1 aromatic heterocycles. The molecule has 10 heteroatoms. The first kappa shape index (κ1) is 22.0. The molecular weight excluding hydrogens is 427 g/mol. The molecule has 2 aromatic carbocycles. The average Bonchev–Trinajstić information content (AvgIpc) is 3.49. The van der Waals surface area contributed by atoms with Gasteiger partial charge in [-0.25, -0.2) is 9.37 Å². The van der Waals surface area contributed by atoms with Gasteiger partial charge in [0.1, 0.15) is 17.8 Å². The first-order valence-electron chi connectivity index (χ1n) is 10.4. The molecule has 0 spiro atoms. The zero-order chi connectivity index (χ0) is 23.5. The van der Waals surface area contributed by atoms with Crippen molar-refractivity contribution in [3.63, 3.8) is 0 Å². The lowest BCUT2D eigenvalue weighted by atomic mass is 10.1. The number of carbonyl (C=O) groups excluding carboxylic acids is 3.